The topological polar surface area (TPSA) is 36.1 Å². The monoisotopic (exact) mass is 221 g/mol. The fourth-order valence-electron chi connectivity index (χ4n) is 1.29. The number of benzene rings is 1. The minimum Gasteiger partial charge on any atom is -0.359 e. The van der Waals surface area contributed by atoms with Gasteiger partial charge in [0.05, 0.1) is 5.69 Å². The number of anilines is 1. The molecule has 1 saturated carbocycles. The molecule has 0 radical (unpaired) electrons. The van der Waals surface area contributed by atoms with E-state index in [0.717, 1.165) is 5.69 Å². The van der Waals surface area contributed by atoms with E-state index in [9.17, 15) is 0 Å². The zero-order chi connectivity index (χ0) is 10.7. The van der Waals surface area contributed by atoms with Gasteiger partial charge in [0.1, 0.15) is 0 Å². The minimum atomic E-state index is 0.587. The fraction of sp³-hybridized carbons (Fsp3) is 0.364. The maximum Gasteiger partial charge on any atom is 0.185 e. The van der Waals surface area contributed by atoms with Crippen molar-refractivity contribution in [3.8, 4) is 0 Å². The highest BCUT2D eigenvalue weighted by molar-refractivity contribution is 7.80. The van der Waals surface area contributed by atoms with Gasteiger partial charge >= 0.3 is 0 Å². The number of hydrazine groups is 1. The number of para-hydroxylation sites is 1. The van der Waals surface area contributed by atoms with Crippen LogP contribution in [0.5, 0.6) is 0 Å². The normalized spacial score (nSPS) is 14.5. The first-order valence-corrected chi connectivity index (χ1v) is 5.54. The number of nitrogens with one attached hydrogen (secondary N) is 3. The van der Waals surface area contributed by atoms with E-state index in [2.05, 4.69) is 29.2 Å². The van der Waals surface area contributed by atoms with Crippen molar-refractivity contribution in [2.45, 2.75) is 25.8 Å². The molecule has 15 heavy (non-hydrogen) atoms. The Morgan fingerprint density at radius 3 is 2.73 bits per heavy atom. The molecule has 0 saturated heterocycles. The van der Waals surface area contributed by atoms with E-state index in [1.54, 1.807) is 0 Å². The number of rotatable bonds is 3. The van der Waals surface area contributed by atoms with Gasteiger partial charge in [-0.15, -0.1) is 0 Å². The molecule has 1 aliphatic rings. The summed E-state index contributed by atoms with van der Waals surface area (Å²) < 4.78 is 0. The van der Waals surface area contributed by atoms with Gasteiger partial charge in [0.2, 0.25) is 0 Å². The molecule has 0 unspecified atom stereocenters. The Labute approximate surface area is 95.2 Å². The zero-order valence-electron chi connectivity index (χ0n) is 8.71. The van der Waals surface area contributed by atoms with Crippen molar-refractivity contribution in [2.75, 3.05) is 5.43 Å². The summed E-state index contributed by atoms with van der Waals surface area (Å²) >= 11 is 5.13. The Hall–Kier alpha value is -1.29. The van der Waals surface area contributed by atoms with Crippen LogP contribution in [0.4, 0.5) is 5.69 Å². The molecule has 3 N–H and O–H groups in total. The van der Waals surface area contributed by atoms with Crippen molar-refractivity contribution in [1.82, 2.24) is 10.7 Å². The highest BCUT2D eigenvalue weighted by atomic mass is 32.1. The minimum absolute atomic E-state index is 0.587. The van der Waals surface area contributed by atoms with Crippen LogP contribution in [-0.4, -0.2) is 11.2 Å². The molecule has 0 bridgehead atoms. The van der Waals surface area contributed by atoms with Gasteiger partial charge in [-0.05, 0) is 43.6 Å². The quantitative estimate of drug-likeness (QED) is 0.538. The van der Waals surface area contributed by atoms with Crippen LogP contribution in [0, 0.1) is 6.92 Å². The lowest BCUT2D eigenvalue weighted by atomic mass is 10.2. The molecule has 1 fully saturated rings. The second-order valence-electron chi connectivity index (χ2n) is 3.81. The Morgan fingerprint density at radius 1 is 1.33 bits per heavy atom. The van der Waals surface area contributed by atoms with Crippen LogP contribution in [0.1, 0.15) is 18.4 Å². The maximum atomic E-state index is 5.13. The smallest absolute Gasteiger partial charge is 0.185 e. The highest BCUT2D eigenvalue weighted by Crippen LogP contribution is 2.18. The van der Waals surface area contributed by atoms with E-state index in [1.807, 2.05) is 18.2 Å². The second-order valence-corrected chi connectivity index (χ2v) is 4.22. The summed E-state index contributed by atoms with van der Waals surface area (Å²) in [4.78, 5) is 0. The molecular formula is C11H15N3S. The molecule has 0 amide bonds. The SMILES string of the molecule is Cc1ccccc1NNC(=S)NC1CC1. The summed E-state index contributed by atoms with van der Waals surface area (Å²) in [5, 5.41) is 3.87. The van der Waals surface area contributed by atoms with Gasteiger partial charge < -0.3 is 5.32 Å². The van der Waals surface area contributed by atoms with Gasteiger partial charge in [-0.2, -0.15) is 0 Å². The molecule has 0 aromatic heterocycles. The molecule has 1 aliphatic carbocycles. The van der Waals surface area contributed by atoms with Crippen molar-refractivity contribution in [3.63, 3.8) is 0 Å². The lowest BCUT2D eigenvalue weighted by Crippen LogP contribution is -2.39. The van der Waals surface area contributed by atoms with E-state index < -0.39 is 0 Å². The lowest BCUT2D eigenvalue weighted by molar-refractivity contribution is 0.879. The molecule has 0 atom stereocenters. The predicted molar refractivity (Wildman–Crippen MR) is 66.7 cm³/mol. The van der Waals surface area contributed by atoms with Crippen molar-refractivity contribution in [1.29, 1.82) is 0 Å². The van der Waals surface area contributed by atoms with Gasteiger partial charge in [-0.3, -0.25) is 10.9 Å². The number of aryl methyl sites for hydroxylation is 1. The molecule has 80 valence electrons. The first-order chi connectivity index (χ1) is 7.25. The van der Waals surface area contributed by atoms with Gasteiger partial charge in [-0.1, -0.05) is 18.2 Å². The van der Waals surface area contributed by atoms with Gasteiger partial charge in [0.25, 0.3) is 0 Å². The first kappa shape index (κ1) is 10.2. The van der Waals surface area contributed by atoms with E-state index in [4.69, 9.17) is 12.2 Å². The van der Waals surface area contributed by atoms with Crippen LogP contribution in [0.25, 0.3) is 0 Å². The molecular weight excluding hydrogens is 206 g/mol. The third-order valence-corrected chi connectivity index (χ3v) is 2.59. The van der Waals surface area contributed by atoms with Gasteiger partial charge in [0, 0.05) is 6.04 Å². The molecule has 2 rings (SSSR count). The fourth-order valence-corrected chi connectivity index (χ4v) is 1.50. The van der Waals surface area contributed by atoms with Crippen LogP contribution in [0.15, 0.2) is 24.3 Å². The Bertz CT molecular complexity index is 361. The Balaban J connectivity index is 1.81. The van der Waals surface area contributed by atoms with Crippen LogP contribution >= 0.6 is 12.2 Å². The highest BCUT2D eigenvalue weighted by Gasteiger charge is 2.21. The van der Waals surface area contributed by atoms with Crippen LogP contribution in [0.3, 0.4) is 0 Å². The largest absolute Gasteiger partial charge is 0.359 e. The molecule has 0 heterocycles. The Morgan fingerprint density at radius 2 is 2.07 bits per heavy atom. The van der Waals surface area contributed by atoms with Crippen molar-refractivity contribution in [2.24, 2.45) is 0 Å². The lowest BCUT2D eigenvalue weighted by Gasteiger charge is -2.13. The number of hydrogen-bond donors (Lipinski definition) is 3. The zero-order valence-corrected chi connectivity index (χ0v) is 9.53. The van der Waals surface area contributed by atoms with Crippen LogP contribution < -0.4 is 16.2 Å². The summed E-state index contributed by atoms with van der Waals surface area (Å²) in [5.74, 6) is 0. The van der Waals surface area contributed by atoms with Crippen LogP contribution in [-0.2, 0) is 0 Å². The van der Waals surface area contributed by atoms with Gasteiger partial charge in [0.15, 0.2) is 5.11 Å². The molecule has 0 spiro atoms. The summed E-state index contributed by atoms with van der Waals surface area (Å²) in [6.45, 7) is 2.06. The first-order valence-electron chi connectivity index (χ1n) is 5.14. The molecule has 1 aromatic rings. The molecule has 1 aromatic carbocycles. The van der Waals surface area contributed by atoms with E-state index in [-0.39, 0.29) is 0 Å². The summed E-state index contributed by atoms with van der Waals surface area (Å²) in [7, 11) is 0. The van der Waals surface area contributed by atoms with E-state index in [0.29, 0.717) is 11.2 Å². The Kier molecular flexibility index (Phi) is 3.06. The molecule has 0 aliphatic heterocycles. The third-order valence-electron chi connectivity index (χ3n) is 2.37. The van der Waals surface area contributed by atoms with E-state index in [1.165, 1.54) is 18.4 Å². The maximum absolute atomic E-state index is 5.13. The molecule has 3 nitrogen and oxygen atoms in total. The standard InChI is InChI=1S/C11H15N3S/c1-8-4-2-3-5-10(8)13-14-11(15)12-9-6-7-9/h2-5,9,13H,6-7H2,1H3,(H2,12,14,15). The average molecular weight is 221 g/mol. The van der Waals surface area contributed by atoms with Crippen molar-refractivity contribution >= 4 is 23.0 Å². The summed E-state index contributed by atoms with van der Waals surface area (Å²) in [5.41, 5.74) is 8.32. The third kappa shape index (κ3) is 3.09. The van der Waals surface area contributed by atoms with E-state index >= 15 is 0 Å². The van der Waals surface area contributed by atoms with Crippen molar-refractivity contribution < 1.29 is 0 Å². The summed E-state index contributed by atoms with van der Waals surface area (Å²) in [6, 6.07) is 8.67. The average Bonchev–Trinajstić information content (AvgIpc) is 3.00. The number of hydrogen-bond acceptors (Lipinski definition) is 2. The second kappa shape index (κ2) is 4.49. The summed E-state index contributed by atoms with van der Waals surface area (Å²) in [6.07, 6.45) is 2.46. The van der Waals surface area contributed by atoms with Gasteiger partial charge in [-0.25, -0.2) is 0 Å². The molecule has 4 heteroatoms. The van der Waals surface area contributed by atoms with Crippen molar-refractivity contribution in [3.05, 3.63) is 29.8 Å². The number of thiocarbonyl (C=S) groups is 1. The predicted octanol–water partition coefficient (Wildman–Crippen LogP) is 1.95. The van der Waals surface area contributed by atoms with Crippen LogP contribution in [0.2, 0.25) is 0 Å².